The molecule has 2 aromatic rings. The number of aromatic nitrogens is 1. The fraction of sp³-hybridized carbons (Fsp3) is 0.471. The largest absolute Gasteiger partial charge is 0.497 e. The van der Waals surface area contributed by atoms with Crippen molar-refractivity contribution in [2.24, 2.45) is 0 Å². The summed E-state index contributed by atoms with van der Waals surface area (Å²) in [5.41, 5.74) is 3.62. The van der Waals surface area contributed by atoms with Crippen molar-refractivity contribution in [3.8, 4) is 5.75 Å². The van der Waals surface area contributed by atoms with Crippen LogP contribution < -0.4 is 4.74 Å². The molecule has 1 aromatic carbocycles. The molecule has 0 radical (unpaired) electrons. The van der Waals surface area contributed by atoms with Crippen molar-refractivity contribution in [2.75, 3.05) is 13.7 Å². The molecule has 1 aliphatic rings. The normalized spacial score (nSPS) is 19.1. The van der Waals surface area contributed by atoms with Gasteiger partial charge in [0, 0.05) is 18.2 Å². The molecule has 1 aromatic heterocycles. The second-order valence-corrected chi connectivity index (χ2v) is 5.71. The van der Waals surface area contributed by atoms with E-state index in [0.29, 0.717) is 6.04 Å². The Kier molecular flexibility index (Phi) is 3.97. The summed E-state index contributed by atoms with van der Waals surface area (Å²) in [6.07, 6.45) is 2.41. The van der Waals surface area contributed by atoms with Crippen molar-refractivity contribution < 1.29 is 9.26 Å². The lowest BCUT2D eigenvalue weighted by Gasteiger charge is -2.24. The van der Waals surface area contributed by atoms with E-state index in [1.54, 1.807) is 7.11 Å². The molecule has 1 saturated heterocycles. The van der Waals surface area contributed by atoms with Gasteiger partial charge in [-0.1, -0.05) is 17.3 Å². The van der Waals surface area contributed by atoms with E-state index in [0.717, 1.165) is 30.3 Å². The van der Waals surface area contributed by atoms with E-state index in [-0.39, 0.29) is 0 Å². The van der Waals surface area contributed by atoms with E-state index in [1.807, 2.05) is 26.0 Å². The van der Waals surface area contributed by atoms with Gasteiger partial charge in [-0.2, -0.15) is 0 Å². The lowest BCUT2D eigenvalue weighted by atomic mass is 10.0. The molecule has 4 heteroatoms. The lowest BCUT2D eigenvalue weighted by Crippen LogP contribution is -2.23. The predicted octanol–water partition coefficient (Wildman–Crippen LogP) is 3.64. The molecule has 2 heterocycles. The Labute approximate surface area is 125 Å². The van der Waals surface area contributed by atoms with E-state index in [2.05, 4.69) is 22.2 Å². The molecule has 0 aliphatic carbocycles. The minimum atomic E-state index is 0.429. The first-order chi connectivity index (χ1) is 10.2. The standard InChI is InChI=1S/C17H22N2O2/c1-12-17(13(2)21-18-12)16-5-4-10-19(16)11-14-6-8-15(20-3)9-7-14/h6-9,16H,4-5,10-11H2,1-3H3. The number of likely N-dealkylation sites (tertiary alicyclic amines) is 1. The summed E-state index contributed by atoms with van der Waals surface area (Å²) in [5.74, 6) is 1.86. The monoisotopic (exact) mass is 286 g/mol. The SMILES string of the molecule is COc1ccc(CN2CCCC2c2c(C)noc2C)cc1. The third-order valence-electron chi connectivity index (χ3n) is 4.33. The fourth-order valence-corrected chi connectivity index (χ4v) is 3.27. The first kappa shape index (κ1) is 14.1. The smallest absolute Gasteiger partial charge is 0.138 e. The van der Waals surface area contributed by atoms with Crippen molar-refractivity contribution >= 4 is 0 Å². The average molecular weight is 286 g/mol. The van der Waals surface area contributed by atoms with Crippen LogP contribution in [0.4, 0.5) is 0 Å². The summed E-state index contributed by atoms with van der Waals surface area (Å²) >= 11 is 0. The Morgan fingerprint density at radius 3 is 2.67 bits per heavy atom. The molecule has 0 amide bonds. The summed E-state index contributed by atoms with van der Waals surface area (Å²) in [4.78, 5) is 2.52. The third kappa shape index (κ3) is 2.81. The van der Waals surface area contributed by atoms with Crippen LogP contribution in [0.5, 0.6) is 5.75 Å². The zero-order valence-electron chi connectivity index (χ0n) is 12.9. The quantitative estimate of drug-likeness (QED) is 0.860. The molecule has 3 rings (SSSR count). The number of nitrogens with zero attached hydrogens (tertiary/aromatic N) is 2. The fourth-order valence-electron chi connectivity index (χ4n) is 3.27. The van der Waals surface area contributed by atoms with Crippen molar-refractivity contribution in [2.45, 2.75) is 39.3 Å². The minimum absolute atomic E-state index is 0.429. The zero-order valence-corrected chi connectivity index (χ0v) is 12.9. The van der Waals surface area contributed by atoms with E-state index < -0.39 is 0 Å². The summed E-state index contributed by atoms with van der Waals surface area (Å²) in [6.45, 7) is 6.13. The van der Waals surface area contributed by atoms with Crippen LogP contribution in [0.15, 0.2) is 28.8 Å². The molecular weight excluding hydrogens is 264 g/mol. The van der Waals surface area contributed by atoms with Gasteiger partial charge in [0.05, 0.1) is 12.8 Å². The highest BCUT2D eigenvalue weighted by molar-refractivity contribution is 5.29. The van der Waals surface area contributed by atoms with E-state index in [4.69, 9.17) is 9.26 Å². The second kappa shape index (κ2) is 5.90. The molecule has 0 spiro atoms. The number of hydrogen-bond acceptors (Lipinski definition) is 4. The molecule has 4 nitrogen and oxygen atoms in total. The Morgan fingerprint density at radius 1 is 1.29 bits per heavy atom. The molecule has 1 unspecified atom stereocenters. The summed E-state index contributed by atoms with van der Waals surface area (Å²) in [6, 6.07) is 8.76. The highest BCUT2D eigenvalue weighted by Gasteiger charge is 2.30. The van der Waals surface area contributed by atoms with Crippen molar-refractivity contribution in [1.82, 2.24) is 10.1 Å². The summed E-state index contributed by atoms with van der Waals surface area (Å²) in [7, 11) is 1.70. The average Bonchev–Trinajstić information content (AvgIpc) is 3.06. The number of aryl methyl sites for hydroxylation is 2. The first-order valence-electron chi connectivity index (χ1n) is 7.49. The molecule has 21 heavy (non-hydrogen) atoms. The van der Waals surface area contributed by atoms with E-state index in [1.165, 1.54) is 24.0 Å². The van der Waals surface area contributed by atoms with Gasteiger partial charge in [-0.05, 0) is 50.9 Å². The molecule has 1 atom stereocenters. The van der Waals surface area contributed by atoms with Crippen LogP contribution >= 0.6 is 0 Å². The van der Waals surface area contributed by atoms with Crippen molar-refractivity contribution in [1.29, 1.82) is 0 Å². The minimum Gasteiger partial charge on any atom is -0.497 e. The Bertz CT molecular complexity index is 584. The molecule has 0 N–H and O–H groups in total. The van der Waals surface area contributed by atoms with Gasteiger partial charge in [-0.15, -0.1) is 0 Å². The Morgan fingerprint density at radius 2 is 2.05 bits per heavy atom. The number of rotatable bonds is 4. The van der Waals surface area contributed by atoms with Gasteiger partial charge in [0.25, 0.3) is 0 Å². The maximum Gasteiger partial charge on any atom is 0.138 e. The Balaban J connectivity index is 1.78. The summed E-state index contributed by atoms with van der Waals surface area (Å²) < 4.78 is 10.6. The number of benzene rings is 1. The van der Waals surface area contributed by atoms with Crippen LogP contribution in [-0.2, 0) is 6.54 Å². The zero-order chi connectivity index (χ0) is 14.8. The number of hydrogen-bond donors (Lipinski definition) is 0. The topological polar surface area (TPSA) is 38.5 Å². The van der Waals surface area contributed by atoms with Crippen molar-refractivity contribution in [3.63, 3.8) is 0 Å². The van der Waals surface area contributed by atoms with Crippen LogP contribution in [0.1, 0.15) is 41.5 Å². The molecule has 112 valence electrons. The number of methoxy groups -OCH3 is 1. The van der Waals surface area contributed by atoms with Gasteiger partial charge >= 0.3 is 0 Å². The molecule has 0 saturated carbocycles. The maximum atomic E-state index is 5.34. The van der Waals surface area contributed by atoms with E-state index in [9.17, 15) is 0 Å². The van der Waals surface area contributed by atoms with Gasteiger partial charge in [0.1, 0.15) is 11.5 Å². The lowest BCUT2D eigenvalue weighted by molar-refractivity contribution is 0.245. The second-order valence-electron chi connectivity index (χ2n) is 5.71. The van der Waals surface area contributed by atoms with Crippen LogP contribution in [0.3, 0.4) is 0 Å². The van der Waals surface area contributed by atoms with Crippen molar-refractivity contribution in [3.05, 3.63) is 46.8 Å². The first-order valence-corrected chi connectivity index (χ1v) is 7.49. The molecule has 0 bridgehead atoms. The van der Waals surface area contributed by atoms with Crippen LogP contribution in [0.2, 0.25) is 0 Å². The van der Waals surface area contributed by atoms with Crippen LogP contribution in [0, 0.1) is 13.8 Å². The number of ether oxygens (including phenoxy) is 1. The highest BCUT2D eigenvalue weighted by atomic mass is 16.5. The van der Waals surface area contributed by atoms with Crippen LogP contribution in [-0.4, -0.2) is 23.7 Å². The third-order valence-corrected chi connectivity index (χ3v) is 4.33. The summed E-state index contributed by atoms with van der Waals surface area (Å²) in [5, 5.41) is 4.11. The maximum absolute atomic E-state index is 5.34. The molecule has 1 aliphatic heterocycles. The van der Waals surface area contributed by atoms with Gasteiger partial charge in [-0.25, -0.2) is 0 Å². The molecule has 1 fully saturated rings. The van der Waals surface area contributed by atoms with Gasteiger partial charge in [0.2, 0.25) is 0 Å². The van der Waals surface area contributed by atoms with Gasteiger partial charge in [0.15, 0.2) is 0 Å². The van der Waals surface area contributed by atoms with Crippen LogP contribution in [0.25, 0.3) is 0 Å². The predicted molar refractivity (Wildman–Crippen MR) is 81.4 cm³/mol. The Hall–Kier alpha value is -1.81. The highest BCUT2D eigenvalue weighted by Crippen LogP contribution is 2.36. The van der Waals surface area contributed by atoms with E-state index >= 15 is 0 Å². The van der Waals surface area contributed by atoms with Gasteiger partial charge < -0.3 is 9.26 Å². The molecular formula is C17H22N2O2. The van der Waals surface area contributed by atoms with Gasteiger partial charge in [-0.3, -0.25) is 4.90 Å².